The molecular weight excluding hydrogens is 260 g/mol. The molecule has 0 amide bonds. The Morgan fingerprint density at radius 3 is 2.61 bits per heavy atom. The number of nitrogens with two attached hydrogens (primary N) is 1. The molecule has 0 radical (unpaired) electrons. The van der Waals surface area contributed by atoms with Gasteiger partial charge in [0.2, 0.25) is 0 Å². The highest BCUT2D eigenvalue weighted by molar-refractivity contribution is 7.86. The summed E-state index contributed by atoms with van der Waals surface area (Å²) in [6, 6.07) is 5.38. The monoisotopic (exact) mass is 272 g/mol. The summed E-state index contributed by atoms with van der Waals surface area (Å²) in [5.41, 5.74) is 4.90. The van der Waals surface area contributed by atoms with Crippen LogP contribution in [0.5, 0.6) is 0 Å². The highest BCUT2D eigenvalue weighted by Crippen LogP contribution is 2.24. The van der Waals surface area contributed by atoms with Crippen LogP contribution in [0.3, 0.4) is 0 Å². The Kier molecular flexibility index (Phi) is 4.93. The SMILES string of the molecule is NCCC(C(=O)O)S(=O)c1ccccc1[N+](=O)[O-]. The van der Waals surface area contributed by atoms with Gasteiger partial charge in [-0.15, -0.1) is 0 Å². The second kappa shape index (κ2) is 6.22. The number of carboxylic acids is 1. The van der Waals surface area contributed by atoms with Gasteiger partial charge in [-0.1, -0.05) is 12.1 Å². The van der Waals surface area contributed by atoms with Crippen molar-refractivity contribution in [3.63, 3.8) is 0 Å². The van der Waals surface area contributed by atoms with E-state index in [9.17, 15) is 19.1 Å². The first-order valence-corrected chi connectivity index (χ1v) is 6.27. The number of hydrogen-bond donors (Lipinski definition) is 2. The number of para-hydroxylation sites is 1. The van der Waals surface area contributed by atoms with Crippen LogP contribution >= 0.6 is 0 Å². The number of nitro benzene ring substituents is 1. The van der Waals surface area contributed by atoms with Gasteiger partial charge in [0.25, 0.3) is 5.69 Å². The maximum absolute atomic E-state index is 12.1. The van der Waals surface area contributed by atoms with Crippen molar-refractivity contribution in [2.45, 2.75) is 16.6 Å². The fourth-order valence-corrected chi connectivity index (χ4v) is 2.81. The van der Waals surface area contributed by atoms with E-state index in [1.54, 1.807) is 0 Å². The van der Waals surface area contributed by atoms with Gasteiger partial charge in [-0.2, -0.15) is 0 Å². The van der Waals surface area contributed by atoms with Crippen LogP contribution in [0.15, 0.2) is 29.2 Å². The molecule has 1 aromatic carbocycles. The number of nitrogens with zero attached hydrogens (tertiary/aromatic N) is 1. The maximum atomic E-state index is 12.1. The predicted molar refractivity (Wildman–Crippen MR) is 64.6 cm³/mol. The molecule has 8 heteroatoms. The standard InChI is InChI=1S/C10H12N2O5S/c11-6-5-9(10(13)14)18(17)8-4-2-1-3-7(8)12(15)16/h1-4,9H,5-6,11H2,(H,13,14). The summed E-state index contributed by atoms with van der Waals surface area (Å²) in [4.78, 5) is 21.0. The number of aliphatic carboxylic acids is 1. The summed E-state index contributed by atoms with van der Waals surface area (Å²) >= 11 is 0. The number of carbonyl (C=O) groups is 1. The van der Waals surface area contributed by atoms with Crippen LogP contribution < -0.4 is 5.73 Å². The van der Waals surface area contributed by atoms with Crippen molar-refractivity contribution in [3.05, 3.63) is 34.4 Å². The van der Waals surface area contributed by atoms with Gasteiger partial charge in [0.05, 0.1) is 15.7 Å². The zero-order valence-electron chi connectivity index (χ0n) is 9.31. The molecule has 0 heterocycles. The molecule has 3 N–H and O–H groups in total. The van der Waals surface area contributed by atoms with Gasteiger partial charge in [0, 0.05) is 6.07 Å². The van der Waals surface area contributed by atoms with Crippen molar-refractivity contribution < 1.29 is 19.0 Å². The minimum atomic E-state index is -2.00. The number of carboxylic acid groups (broad SMARTS) is 1. The largest absolute Gasteiger partial charge is 0.480 e. The van der Waals surface area contributed by atoms with Gasteiger partial charge in [0.15, 0.2) is 0 Å². The lowest BCUT2D eigenvalue weighted by molar-refractivity contribution is -0.387. The minimum absolute atomic E-state index is 0.00596. The van der Waals surface area contributed by atoms with E-state index in [1.165, 1.54) is 24.3 Å². The molecule has 0 fully saturated rings. The van der Waals surface area contributed by atoms with E-state index >= 15 is 0 Å². The van der Waals surface area contributed by atoms with Crippen LogP contribution in [0.2, 0.25) is 0 Å². The normalized spacial score (nSPS) is 13.8. The fourth-order valence-electron chi connectivity index (χ4n) is 1.40. The average molecular weight is 272 g/mol. The van der Waals surface area contributed by atoms with E-state index in [0.29, 0.717) is 0 Å². The Morgan fingerprint density at radius 2 is 2.11 bits per heavy atom. The summed E-state index contributed by atoms with van der Waals surface area (Å²) in [5, 5.41) is 18.5. The van der Waals surface area contributed by atoms with E-state index in [2.05, 4.69) is 0 Å². The molecule has 1 aromatic rings. The number of benzene rings is 1. The second-order valence-electron chi connectivity index (χ2n) is 3.43. The number of rotatable bonds is 6. The smallest absolute Gasteiger partial charge is 0.319 e. The van der Waals surface area contributed by atoms with Crippen molar-refractivity contribution in [2.24, 2.45) is 5.73 Å². The Morgan fingerprint density at radius 1 is 1.50 bits per heavy atom. The van der Waals surface area contributed by atoms with E-state index < -0.39 is 26.9 Å². The van der Waals surface area contributed by atoms with Crippen LogP contribution in [0, 0.1) is 10.1 Å². The van der Waals surface area contributed by atoms with Crippen LogP contribution in [0.4, 0.5) is 5.69 Å². The van der Waals surface area contributed by atoms with Crippen LogP contribution in [-0.2, 0) is 15.6 Å². The van der Waals surface area contributed by atoms with Crippen LogP contribution in [-0.4, -0.2) is 32.0 Å². The molecule has 0 aromatic heterocycles. The molecule has 2 unspecified atom stereocenters. The Labute approximate surface area is 105 Å². The molecule has 0 aliphatic heterocycles. The number of nitro groups is 1. The van der Waals surface area contributed by atoms with Gasteiger partial charge in [0.1, 0.15) is 10.1 Å². The molecule has 1 rings (SSSR count). The number of hydrogen-bond acceptors (Lipinski definition) is 5. The van der Waals surface area contributed by atoms with Gasteiger partial charge in [-0.3, -0.25) is 19.1 Å². The molecule has 7 nitrogen and oxygen atoms in total. The predicted octanol–water partition coefficient (Wildman–Crippen LogP) is 0.504. The lowest BCUT2D eigenvalue weighted by Gasteiger charge is -2.10. The maximum Gasteiger partial charge on any atom is 0.319 e. The van der Waals surface area contributed by atoms with Crippen molar-refractivity contribution >= 4 is 22.5 Å². The lowest BCUT2D eigenvalue weighted by Crippen LogP contribution is -2.28. The second-order valence-corrected chi connectivity index (χ2v) is 5.03. The summed E-state index contributed by atoms with van der Waals surface area (Å²) in [7, 11) is -2.00. The van der Waals surface area contributed by atoms with Gasteiger partial charge >= 0.3 is 5.97 Å². The van der Waals surface area contributed by atoms with Crippen LogP contribution in [0.1, 0.15) is 6.42 Å². The highest BCUT2D eigenvalue weighted by Gasteiger charge is 2.29. The first-order valence-electron chi connectivity index (χ1n) is 5.06. The minimum Gasteiger partial charge on any atom is -0.480 e. The summed E-state index contributed by atoms with van der Waals surface area (Å²) in [6.07, 6.45) is -0.00596. The zero-order valence-corrected chi connectivity index (χ0v) is 10.1. The first kappa shape index (κ1) is 14.3. The van der Waals surface area contributed by atoms with E-state index in [-0.39, 0.29) is 23.5 Å². The molecular formula is C10H12N2O5S. The third-order valence-electron chi connectivity index (χ3n) is 2.24. The molecule has 0 aliphatic rings. The summed E-state index contributed by atoms with van der Waals surface area (Å²) in [5.74, 6) is -1.28. The molecule has 2 atom stereocenters. The molecule has 98 valence electrons. The molecule has 18 heavy (non-hydrogen) atoms. The fraction of sp³-hybridized carbons (Fsp3) is 0.300. The Balaban J connectivity index is 3.16. The zero-order chi connectivity index (χ0) is 13.7. The molecule has 0 bridgehead atoms. The van der Waals surface area contributed by atoms with Crippen molar-refractivity contribution in [2.75, 3.05) is 6.54 Å². The van der Waals surface area contributed by atoms with Crippen molar-refractivity contribution in [3.8, 4) is 0 Å². The lowest BCUT2D eigenvalue weighted by atomic mass is 10.3. The first-order chi connectivity index (χ1) is 8.49. The molecule has 0 saturated carbocycles. The van der Waals surface area contributed by atoms with Crippen LogP contribution in [0.25, 0.3) is 0 Å². The van der Waals surface area contributed by atoms with Crippen molar-refractivity contribution in [1.29, 1.82) is 0 Å². The van der Waals surface area contributed by atoms with Crippen molar-refractivity contribution in [1.82, 2.24) is 0 Å². The third kappa shape index (κ3) is 3.11. The quantitative estimate of drug-likeness (QED) is 0.574. The van der Waals surface area contributed by atoms with Gasteiger partial charge in [-0.25, -0.2) is 0 Å². The molecule has 0 spiro atoms. The highest BCUT2D eigenvalue weighted by atomic mass is 32.2. The summed E-state index contributed by atoms with van der Waals surface area (Å²) < 4.78 is 12.1. The van der Waals surface area contributed by atoms with Gasteiger partial charge in [-0.05, 0) is 19.0 Å². The average Bonchev–Trinajstić information content (AvgIpc) is 2.34. The summed E-state index contributed by atoms with van der Waals surface area (Å²) in [6.45, 7) is 0.0450. The van der Waals surface area contributed by atoms with E-state index in [1.807, 2.05) is 0 Å². The Hall–Kier alpha value is -1.80. The molecule has 0 saturated heterocycles. The third-order valence-corrected chi connectivity index (χ3v) is 3.97. The molecule has 0 aliphatic carbocycles. The van der Waals surface area contributed by atoms with E-state index in [0.717, 1.165) is 0 Å². The van der Waals surface area contributed by atoms with Gasteiger partial charge < -0.3 is 10.8 Å². The Bertz CT molecular complexity index is 491. The topological polar surface area (TPSA) is 124 Å². The van der Waals surface area contributed by atoms with E-state index in [4.69, 9.17) is 10.8 Å².